The molecule has 0 aliphatic carbocycles. The van der Waals surface area contributed by atoms with Crippen LogP contribution >= 0.6 is 0 Å². The maximum Gasteiger partial charge on any atom is 0.410 e. The average Bonchev–Trinajstić information content (AvgIpc) is 1.95. The predicted octanol–water partition coefficient (Wildman–Crippen LogP) is 1.51. The molecule has 5 nitrogen and oxygen atoms in total. The summed E-state index contributed by atoms with van der Waals surface area (Å²) in [6, 6.07) is 0. The summed E-state index contributed by atoms with van der Waals surface area (Å²) in [6.45, 7) is 9.64. The Kier molecular flexibility index (Phi) is 3.88. The van der Waals surface area contributed by atoms with Gasteiger partial charge in [-0.05, 0) is 45.7 Å². The number of likely N-dealkylation sites (tertiary alicyclic amines) is 1. The van der Waals surface area contributed by atoms with Gasteiger partial charge in [0.2, 0.25) is 0 Å². The van der Waals surface area contributed by atoms with Gasteiger partial charge in [-0.25, -0.2) is 4.79 Å². The van der Waals surface area contributed by atoms with Crippen LogP contribution in [0.15, 0.2) is 0 Å². The molecular weight excluding hydrogens is 242 g/mol. The van der Waals surface area contributed by atoms with Crippen LogP contribution in [0, 0.1) is 5.92 Å². The van der Waals surface area contributed by atoms with Crippen molar-refractivity contribution in [3.63, 3.8) is 0 Å². The van der Waals surface area contributed by atoms with E-state index < -0.39 is 21.4 Å². The van der Waals surface area contributed by atoms with Gasteiger partial charge in [0.05, 0.1) is 0 Å². The minimum absolute atomic E-state index is 0.0200. The fourth-order valence-electron chi connectivity index (χ4n) is 1.53. The van der Waals surface area contributed by atoms with Crippen molar-refractivity contribution in [2.24, 2.45) is 5.92 Å². The van der Waals surface area contributed by atoms with E-state index in [1.807, 2.05) is 0 Å². The van der Waals surface area contributed by atoms with E-state index in [1.54, 1.807) is 34.6 Å². The third kappa shape index (κ3) is 3.42. The Balaban J connectivity index is 2.47. The molecule has 0 spiro atoms. The van der Waals surface area contributed by atoms with Crippen molar-refractivity contribution in [1.29, 1.82) is 0 Å². The van der Waals surface area contributed by atoms with Crippen LogP contribution in [0.25, 0.3) is 0 Å². The van der Waals surface area contributed by atoms with Crippen molar-refractivity contribution >= 4 is 17.2 Å². The minimum Gasteiger partial charge on any atom is -0.772 e. The monoisotopic (exact) mass is 262 g/mol. The van der Waals surface area contributed by atoms with E-state index in [0.29, 0.717) is 13.1 Å². The number of amides is 1. The molecule has 0 aromatic rings. The smallest absolute Gasteiger partial charge is 0.410 e. The van der Waals surface area contributed by atoms with Crippen molar-refractivity contribution in [3.8, 4) is 0 Å². The molecule has 1 unspecified atom stereocenters. The minimum atomic E-state index is -2.13. The molecular formula is C11H20NO4S-. The number of nitrogens with zero attached hydrogens (tertiary/aromatic N) is 1. The van der Waals surface area contributed by atoms with Gasteiger partial charge in [-0.2, -0.15) is 0 Å². The third-order valence-corrected chi connectivity index (χ3v) is 4.14. The third-order valence-electron chi connectivity index (χ3n) is 2.95. The maximum absolute atomic E-state index is 11.6. The lowest BCUT2D eigenvalue weighted by atomic mass is 9.88. The summed E-state index contributed by atoms with van der Waals surface area (Å²) in [4.78, 5) is 13.2. The molecule has 6 heteroatoms. The summed E-state index contributed by atoms with van der Waals surface area (Å²) in [7, 11) is 0. The van der Waals surface area contributed by atoms with Gasteiger partial charge in [-0.3, -0.25) is 4.21 Å². The van der Waals surface area contributed by atoms with E-state index in [1.165, 1.54) is 4.90 Å². The zero-order valence-electron chi connectivity index (χ0n) is 11.0. The Morgan fingerprint density at radius 3 is 2.12 bits per heavy atom. The van der Waals surface area contributed by atoms with E-state index in [0.717, 1.165) is 0 Å². The Morgan fingerprint density at radius 1 is 1.29 bits per heavy atom. The lowest BCUT2D eigenvalue weighted by molar-refractivity contribution is -0.00584. The molecule has 1 aliphatic heterocycles. The van der Waals surface area contributed by atoms with Crippen molar-refractivity contribution < 1.29 is 18.3 Å². The van der Waals surface area contributed by atoms with Crippen molar-refractivity contribution in [2.45, 2.75) is 45.0 Å². The van der Waals surface area contributed by atoms with E-state index in [4.69, 9.17) is 4.74 Å². The molecule has 100 valence electrons. The molecule has 0 bridgehead atoms. The molecule has 0 aromatic heterocycles. The number of carbonyl (C=O) groups is 1. The lowest BCUT2D eigenvalue weighted by Gasteiger charge is -2.48. The highest BCUT2D eigenvalue weighted by atomic mass is 32.2. The molecule has 1 saturated heterocycles. The molecule has 1 aliphatic rings. The molecule has 0 radical (unpaired) electrons. The highest BCUT2D eigenvalue weighted by molar-refractivity contribution is 7.80. The first kappa shape index (κ1) is 14.4. The molecule has 0 aromatic carbocycles. The van der Waals surface area contributed by atoms with Gasteiger partial charge in [0.1, 0.15) is 5.60 Å². The fraction of sp³-hybridized carbons (Fsp3) is 0.909. The normalized spacial score (nSPS) is 19.8. The van der Waals surface area contributed by atoms with Crippen LogP contribution in [0.3, 0.4) is 0 Å². The van der Waals surface area contributed by atoms with Gasteiger partial charge in [0, 0.05) is 23.8 Å². The Bertz CT molecular complexity index is 329. The summed E-state index contributed by atoms with van der Waals surface area (Å²) in [5.41, 5.74) is -0.515. The van der Waals surface area contributed by atoms with Crippen molar-refractivity contribution in [1.82, 2.24) is 4.90 Å². The zero-order chi connectivity index (χ0) is 13.4. The number of carbonyl (C=O) groups excluding carboxylic acids is 1. The zero-order valence-corrected chi connectivity index (χ0v) is 11.8. The largest absolute Gasteiger partial charge is 0.772 e. The first-order valence-electron chi connectivity index (χ1n) is 5.61. The van der Waals surface area contributed by atoms with E-state index in [2.05, 4.69) is 0 Å². The van der Waals surface area contributed by atoms with Crippen molar-refractivity contribution in [2.75, 3.05) is 13.1 Å². The summed E-state index contributed by atoms with van der Waals surface area (Å²) in [5.74, 6) is -0.0200. The Hall–Kier alpha value is -0.620. The first-order chi connectivity index (χ1) is 7.54. The predicted molar refractivity (Wildman–Crippen MR) is 64.3 cm³/mol. The lowest BCUT2D eigenvalue weighted by Crippen LogP contribution is -2.59. The van der Waals surface area contributed by atoms with Crippen LogP contribution < -0.4 is 0 Å². The van der Waals surface area contributed by atoms with E-state index in [-0.39, 0.29) is 12.0 Å². The van der Waals surface area contributed by atoms with Crippen LogP contribution in [0.4, 0.5) is 4.79 Å². The number of hydrogen-bond donors (Lipinski definition) is 0. The van der Waals surface area contributed by atoms with Gasteiger partial charge in [0.15, 0.2) is 0 Å². The number of ether oxygens (including phenoxy) is 1. The van der Waals surface area contributed by atoms with Gasteiger partial charge in [0.25, 0.3) is 0 Å². The first-order valence-corrected chi connectivity index (χ1v) is 6.69. The molecule has 1 amide bonds. The highest BCUT2D eigenvalue weighted by Crippen LogP contribution is 2.31. The Labute approximate surface area is 105 Å². The highest BCUT2D eigenvalue weighted by Gasteiger charge is 2.42. The van der Waals surface area contributed by atoms with Crippen molar-refractivity contribution in [3.05, 3.63) is 0 Å². The van der Waals surface area contributed by atoms with Gasteiger partial charge >= 0.3 is 6.09 Å². The molecule has 0 saturated carbocycles. The molecule has 1 atom stereocenters. The SMILES string of the molecule is CC(C)(C)OC(=O)N1CC(C(C)(C)S(=O)[O-])C1. The molecule has 17 heavy (non-hydrogen) atoms. The molecule has 1 fully saturated rings. The van der Waals surface area contributed by atoms with Crippen LogP contribution in [0.1, 0.15) is 34.6 Å². The second-order valence-electron chi connectivity index (χ2n) is 5.92. The maximum atomic E-state index is 11.6. The van der Waals surface area contributed by atoms with Gasteiger partial charge in [-0.15, -0.1) is 0 Å². The molecule has 1 heterocycles. The quantitative estimate of drug-likeness (QED) is 0.707. The number of rotatable bonds is 2. The number of hydrogen-bond acceptors (Lipinski definition) is 4. The fourth-order valence-corrected chi connectivity index (χ4v) is 1.95. The second kappa shape index (κ2) is 4.57. The molecule has 0 N–H and O–H groups in total. The second-order valence-corrected chi connectivity index (χ2v) is 7.44. The van der Waals surface area contributed by atoms with Crippen LogP contribution in [0.5, 0.6) is 0 Å². The van der Waals surface area contributed by atoms with Gasteiger partial charge in [-0.1, -0.05) is 0 Å². The van der Waals surface area contributed by atoms with Gasteiger partial charge < -0.3 is 14.2 Å². The van der Waals surface area contributed by atoms with Crippen LogP contribution in [-0.4, -0.2) is 43.2 Å². The summed E-state index contributed by atoms with van der Waals surface area (Å²) in [6.07, 6.45) is -0.374. The van der Waals surface area contributed by atoms with E-state index in [9.17, 15) is 13.6 Å². The van der Waals surface area contributed by atoms with E-state index >= 15 is 0 Å². The molecule has 1 rings (SSSR count). The summed E-state index contributed by atoms with van der Waals surface area (Å²) < 4.78 is 26.5. The summed E-state index contributed by atoms with van der Waals surface area (Å²) in [5, 5.41) is 0. The Morgan fingerprint density at radius 2 is 1.76 bits per heavy atom. The topological polar surface area (TPSA) is 69.7 Å². The standard InChI is InChI=1S/C11H21NO4S/c1-10(2,3)16-9(13)12-6-8(7-12)11(4,5)17(14)15/h8H,6-7H2,1-5H3,(H,14,15)/p-1. The van der Waals surface area contributed by atoms with Crippen LogP contribution in [-0.2, 0) is 15.8 Å². The van der Waals surface area contributed by atoms with Crippen LogP contribution in [0.2, 0.25) is 0 Å². The average molecular weight is 262 g/mol. The summed E-state index contributed by atoms with van der Waals surface area (Å²) >= 11 is -2.13.